The Kier molecular flexibility index (Phi) is 6.52. The fraction of sp³-hybridized carbons (Fsp3) is 0.316. The van der Waals surface area contributed by atoms with Gasteiger partial charge in [0.05, 0.1) is 6.61 Å². The summed E-state index contributed by atoms with van der Waals surface area (Å²) in [7, 11) is 0. The minimum absolute atomic E-state index is 0.0487. The van der Waals surface area contributed by atoms with Crippen LogP contribution in [-0.4, -0.2) is 12.5 Å². The van der Waals surface area contributed by atoms with Crippen LogP contribution in [0.1, 0.15) is 29.5 Å². The van der Waals surface area contributed by atoms with Gasteiger partial charge in [0.15, 0.2) is 0 Å². The predicted octanol–water partition coefficient (Wildman–Crippen LogP) is 5.72. The Labute approximate surface area is 152 Å². The smallest absolute Gasteiger partial charge is 0.224 e. The molecule has 128 valence electrons. The van der Waals surface area contributed by atoms with E-state index >= 15 is 0 Å². The molecule has 0 heterocycles. The number of hydrogen-bond acceptors (Lipinski definition) is 2. The van der Waals surface area contributed by atoms with Crippen LogP contribution in [0.4, 0.5) is 5.69 Å². The number of amides is 1. The molecule has 0 saturated carbocycles. The van der Waals surface area contributed by atoms with Crippen molar-refractivity contribution in [3.8, 4) is 5.75 Å². The van der Waals surface area contributed by atoms with Gasteiger partial charge in [0.25, 0.3) is 0 Å². The van der Waals surface area contributed by atoms with Gasteiger partial charge in [-0.2, -0.15) is 0 Å². The standard InChI is InChI=1S/C19H21Cl2NO2/c1-12-10-15(11-13(2)19(12)21)24-9-5-8-18(23)22-17-7-4-6-16(20)14(17)3/h4,6-7,10-11H,5,8-9H2,1-3H3,(H,22,23). The lowest BCUT2D eigenvalue weighted by molar-refractivity contribution is -0.116. The summed E-state index contributed by atoms with van der Waals surface area (Å²) in [4.78, 5) is 12.0. The topological polar surface area (TPSA) is 38.3 Å². The highest BCUT2D eigenvalue weighted by Crippen LogP contribution is 2.26. The Hall–Kier alpha value is -1.71. The van der Waals surface area contributed by atoms with Crippen molar-refractivity contribution in [2.75, 3.05) is 11.9 Å². The summed E-state index contributed by atoms with van der Waals surface area (Å²) in [6, 6.07) is 9.28. The molecular formula is C19H21Cl2NO2. The zero-order valence-corrected chi connectivity index (χ0v) is 15.6. The second-order valence-corrected chi connectivity index (χ2v) is 6.57. The van der Waals surface area contributed by atoms with Crippen molar-refractivity contribution in [1.29, 1.82) is 0 Å². The van der Waals surface area contributed by atoms with Crippen molar-refractivity contribution in [2.45, 2.75) is 33.6 Å². The summed E-state index contributed by atoms with van der Waals surface area (Å²) in [6.45, 7) is 6.25. The first-order chi connectivity index (χ1) is 11.4. The molecule has 24 heavy (non-hydrogen) atoms. The van der Waals surface area contributed by atoms with Crippen LogP contribution >= 0.6 is 23.2 Å². The summed E-state index contributed by atoms with van der Waals surface area (Å²) in [5, 5.41) is 4.28. The summed E-state index contributed by atoms with van der Waals surface area (Å²) >= 11 is 12.2. The maximum Gasteiger partial charge on any atom is 0.224 e. The predicted molar refractivity (Wildman–Crippen MR) is 100 cm³/mol. The molecule has 1 amide bonds. The number of nitrogens with one attached hydrogen (secondary N) is 1. The van der Waals surface area contributed by atoms with Crippen LogP contribution in [0.15, 0.2) is 30.3 Å². The Balaban J connectivity index is 1.80. The van der Waals surface area contributed by atoms with Gasteiger partial charge in [-0.3, -0.25) is 4.79 Å². The Morgan fingerprint density at radius 2 is 1.79 bits per heavy atom. The third-order valence-electron chi connectivity index (χ3n) is 3.77. The Morgan fingerprint density at radius 1 is 1.12 bits per heavy atom. The number of benzene rings is 2. The van der Waals surface area contributed by atoms with Gasteiger partial charge in [0, 0.05) is 22.2 Å². The molecule has 2 rings (SSSR count). The van der Waals surface area contributed by atoms with E-state index in [1.807, 2.05) is 45.0 Å². The van der Waals surface area contributed by atoms with Crippen LogP contribution in [0.3, 0.4) is 0 Å². The van der Waals surface area contributed by atoms with Crippen molar-refractivity contribution in [2.24, 2.45) is 0 Å². The number of carbonyl (C=O) groups excluding carboxylic acids is 1. The SMILES string of the molecule is Cc1cc(OCCCC(=O)Nc2cccc(Cl)c2C)cc(C)c1Cl. The van der Waals surface area contributed by atoms with E-state index in [4.69, 9.17) is 27.9 Å². The van der Waals surface area contributed by atoms with Crippen LogP contribution in [0.2, 0.25) is 10.0 Å². The van der Waals surface area contributed by atoms with Gasteiger partial charge in [-0.1, -0.05) is 29.3 Å². The minimum Gasteiger partial charge on any atom is -0.494 e. The third kappa shape index (κ3) is 4.89. The maximum absolute atomic E-state index is 12.0. The van der Waals surface area contributed by atoms with Crippen molar-refractivity contribution < 1.29 is 9.53 Å². The van der Waals surface area contributed by atoms with Crippen molar-refractivity contribution in [3.63, 3.8) is 0 Å². The van der Waals surface area contributed by atoms with E-state index in [2.05, 4.69) is 5.32 Å². The average Bonchev–Trinajstić information content (AvgIpc) is 2.53. The van der Waals surface area contributed by atoms with Gasteiger partial charge in [0.1, 0.15) is 5.75 Å². The van der Waals surface area contributed by atoms with Crippen molar-refractivity contribution in [1.82, 2.24) is 0 Å². The second-order valence-electron chi connectivity index (χ2n) is 5.78. The van der Waals surface area contributed by atoms with E-state index < -0.39 is 0 Å². The highest BCUT2D eigenvalue weighted by molar-refractivity contribution is 6.32. The quantitative estimate of drug-likeness (QED) is 0.665. The zero-order valence-electron chi connectivity index (χ0n) is 14.1. The molecule has 0 aliphatic heterocycles. The van der Waals surface area contributed by atoms with Gasteiger partial charge < -0.3 is 10.1 Å². The van der Waals surface area contributed by atoms with Crippen LogP contribution in [-0.2, 0) is 4.79 Å². The van der Waals surface area contributed by atoms with E-state index in [0.29, 0.717) is 24.5 Å². The molecule has 2 aromatic carbocycles. The third-order valence-corrected chi connectivity index (χ3v) is 4.77. The Bertz CT molecular complexity index is 721. The first kappa shape index (κ1) is 18.6. The van der Waals surface area contributed by atoms with E-state index in [1.165, 1.54) is 0 Å². The average molecular weight is 366 g/mol. The van der Waals surface area contributed by atoms with Gasteiger partial charge >= 0.3 is 0 Å². The summed E-state index contributed by atoms with van der Waals surface area (Å²) in [6.07, 6.45) is 1.02. The molecule has 0 unspecified atom stereocenters. The molecule has 5 heteroatoms. The zero-order chi connectivity index (χ0) is 17.7. The lowest BCUT2D eigenvalue weighted by Gasteiger charge is -2.11. The molecule has 0 bridgehead atoms. The molecule has 0 aromatic heterocycles. The van der Waals surface area contributed by atoms with Crippen molar-refractivity contribution >= 4 is 34.8 Å². The summed E-state index contributed by atoms with van der Waals surface area (Å²) < 4.78 is 5.71. The number of ether oxygens (including phenoxy) is 1. The molecule has 0 saturated heterocycles. The van der Waals surface area contributed by atoms with Gasteiger partial charge in [-0.05, 0) is 68.1 Å². The molecule has 0 spiro atoms. The number of aryl methyl sites for hydroxylation is 2. The van der Waals surface area contributed by atoms with Crippen LogP contribution in [0, 0.1) is 20.8 Å². The second kappa shape index (κ2) is 8.41. The van der Waals surface area contributed by atoms with E-state index in [1.54, 1.807) is 6.07 Å². The van der Waals surface area contributed by atoms with E-state index in [0.717, 1.165) is 33.1 Å². The normalized spacial score (nSPS) is 10.5. The number of hydrogen-bond donors (Lipinski definition) is 1. The molecule has 0 aliphatic rings. The van der Waals surface area contributed by atoms with Crippen LogP contribution in [0.25, 0.3) is 0 Å². The molecule has 0 radical (unpaired) electrons. The fourth-order valence-corrected chi connectivity index (χ4v) is 2.65. The van der Waals surface area contributed by atoms with E-state index in [-0.39, 0.29) is 5.91 Å². The number of rotatable bonds is 6. The molecule has 0 aliphatic carbocycles. The van der Waals surface area contributed by atoms with Crippen LogP contribution in [0.5, 0.6) is 5.75 Å². The summed E-state index contributed by atoms with van der Waals surface area (Å²) in [5.41, 5.74) is 3.59. The van der Waals surface area contributed by atoms with Gasteiger partial charge in [0.2, 0.25) is 5.91 Å². The number of anilines is 1. The largest absolute Gasteiger partial charge is 0.494 e. The number of halogens is 2. The van der Waals surface area contributed by atoms with Gasteiger partial charge in [-0.15, -0.1) is 0 Å². The molecule has 2 aromatic rings. The maximum atomic E-state index is 12.0. The Morgan fingerprint density at radius 3 is 2.46 bits per heavy atom. The molecule has 3 nitrogen and oxygen atoms in total. The van der Waals surface area contributed by atoms with Crippen LogP contribution < -0.4 is 10.1 Å². The summed E-state index contributed by atoms with van der Waals surface area (Å²) in [5.74, 6) is 0.730. The van der Waals surface area contributed by atoms with E-state index in [9.17, 15) is 4.79 Å². The minimum atomic E-state index is -0.0487. The molecule has 1 N–H and O–H groups in total. The first-order valence-corrected chi connectivity index (χ1v) is 8.58. The molecule has 0 fully saturated rings. The lowest BCUT2D eigenvalue weighted by Crippen LogP contribution is -2.13. The monoisotopic (exact) mass is 365 g/mol. The highest BCUT2D eigenvalue weighted by atomic mass is 35.5. The number of carbonyl (C=O) groups is 1. The van der Waals surface area contributed by atoms with Gasteiger partial charge in [-0.25, -0.2) is 0 Å². The fourth-order valence-electron chi connectivity index (χ4n) is 2.37. The highest BCUT2D eigenvalue weighted by Gasteiger charge is 2.07. The first-order valence-electron chi connectivity index (χ1n) is 7.83. The van der Waals surface area contributed by atoms with Crippen molar-refractivity contribution in [3.05, 3.63) is 57.1 Å². The molecule has 0 atom stereocenters. The lowest BCUT2D eigenvalue weighted by atomic mass is 10.1. The molecular weight excluding hydrogens is 345 g/mol.